The fraction of sp³-hybridized carbons (Fsp3) is 0.188. The van der Waals surface area contributed by atoms with Crippen molar-refractivity contribution in [3.05, 3.63) is 58.3 Å². The molecule has 90 valence electrons. The summed E-state index contributed by atoms with van der Waals surface area (Å²) in [6, 6.07) is 13.4. The summed E-state index contributed by atoms with van der Waals surface area (Å²) in [5, 5.41) is 0.961. The van der Waals surface area contributed by atoms with E-state index in [2.05, 4.69) is 0 Å². The molecule has 0 bridgehead atoms. The van der Waals surface area contributed by atoms with E-state index in [1.54, 1.807) is 0 Å². The molecule has 0 amide bonds. The van der Waals surface area contributed by atoms with Crippen molar-refractivity contribution in [2.75, 3.05) is 0 Å². The van der Waals surface area contributed by atoms with Crippen molar-refractivity contribution >= 4 is 11.0 Å². The van der Waals surface area contributed by atoms with Gasteiger partial charge in [-0.2, -0.15) is 0 Å². The van der Waals surface area contributed by atoms with E-state index >= 15 is 0 Å². The van der Waals surface area contributed by atoms with Crippen molar-refractivity contribution in [3.8, 4) is 11.3 Å². The van der Waals surface area contributed by atoms with Crippen LogP contribution < -0.4 is 5.43 Å². The molecule has 2 nitrogen and oxygen atoms in total. The van der Waals surface area contributed by atoms with Gasteiger partial charge in [0.1, 0.15) is 11.3 Å². The average molecular weight is 238 g/mol. The number of benzene rings is 2. The van der Waals surface area contributed by atoms with Gasteiger partial charge in [0.2, 0.25) is 0 Å². The smallest absolute Gasteiger partial charge is 0.193 e. The lowest BCUT2D eigenvalue weighted by Gasteiger charge is -2.10. The van der Waals surface area contributed by atoms with Crippen LogP contribution in [0, 0.1) is 0 Å². The number of hydrogen-bond donors (Lipinski definition) is 0. The van der Waals surface area contributed by atoms with Gasteiger partial charge >= 0.3 is 0 Å². The summed E-state index contributed by atoms with van der Waals surface area (Å²) in [7, 11) is 0. The van der Waals surface area contributed by atoms with E-state index in [0.717, 1.165) is 16.5 Å². The van der Waals surface area contributed by atoms with E-state index in [0.29, 0.717) is 11.3 Å². The van der Waals surface area contributed by atoms with Gasteiger partial charge in [0.15, 0.2) is 5.43 Å². The molecule has 18 heavy (non-hydrogen) atoms. The Balaban J connectivity index is 2.41. The highest BCUT2D eigenvalue weighted by Gasteiger charge is 2.15. The van der Waals surface area contributed by atoms with Crippen molar-refractivity contribution in [1.29, 1.82) is 0 Å². The Morgan fingerprint density at radius 2 is 1.83 bits per heavy atom. The minimum atomic E-state index is 0.0806. The highest BCUT2D eigenvalue weighted by Crippen LogP contribution is 2.27. The second-order valence-corrected chi connectivity index (χ2v) is 4.83. The van der Waals surface area contributed by atoms with E-state index in [9.17, 15) is 4.79 Å². The topological polar surface area (TPSA) is 30.2 Å². The molecule has 0 aromatic heterocycles. The first-order valence-corrected chi connectivity index (χ1v) is 6.12. The Kier molecular flexibility index (Phi) is 2.44. The molecule has 1 aromatic rings. The summed E-state index contributed by atoms with van der Waals surface area (Å²) in [5.74, 6) is 0.886. The van der Waals surface area contributed by atoms with E-state index in [4.69, 9.17) is 4.42 Å². The summed E-state index contributed by atoms with van der Waals surface area (Å²) in [5.41, 5.74) is 2.39. The van der Waals surface area contributed by atoms with Crippen LogP contribution in [0.3, 0.4) is 0 Å². The molecule has 1 heterocycles. The molecule has 0 unspecified atom stereocenters. The second-order valence-electron chi connectivity index (χ2n) is 4.83. The van der Waals surface area contributed by atoms with Crippen LogP contribution in [-0.2, 0) is 0 Å². The van der Waals surface area contributed by atoms with Crippen LogP contribution in [0.15, 0.2) is 51.7 Å². The zero-order valence-corrected chi connectivity index (χ0v) is 10.4. The standard InChI is InChI=1S/C16H14O2/c1-10(2)12-7-8-15-13(16(12)17)9-11-5-3-4-6-14(11)18-15/h3-10H,1-2H3. The molecule has 2 heteroatoms. The Morgan fingerprint density at radius 3 is 2.61 bits per heavy atom. The molecule has 0 fully saturated rings. The molecule has 0 saturated carbocycles. The third kappa shape index (κ3) is 1.61. The van der Waals surface area contributed by atoms with Crippen molar-refractivity contribution < 1.29 is 4.42 Å². The quantitative estimate of drug-likeness (QED) is 0.599. The summed E-state index contributed by atoms with van der Waals surface area (Å²) in [4.78, 5) is 12.4. The zero-order valence-electron chi connectivity index (χ0n) is 10.4. The van der Waals surface area contributed by atoms with Gasteiger partial charge in [0, 0.05) is 10.9 Å². The van der Waals surface area contributed by atoms with Crippen molar-refractivity contribution in [2.24, 2.45) is 0 Å². The SMILES string of the molecule is CC(C)c1ccc2oc3ccccc3cc-2c1=O. The lowest BCUT2D eigenvalue weighted by Crippen LogP contribution is -2.12. The molecular formula is C16H14O2. The van der Waals surface area contributed by atoms with E-state index in [1.165, 1.54) is 0 Å². The van der Waals surface area contributed by atoms with Crippen LogP contribution in [0.2, 0.25) is 0 Å². The summed E-state index contributed by atoms with van der Waals surface area (Å²) < 4.78 is 5.76. The maximum Gasteiger partial charge on any atom is 0.193 e. The largest absolute Gasteiger partial charge is 0.456 e. The fourth-order valence-corrected chi connectivity index (χ4v) is 2.25. The molecular weight excluding hydrogens is 224 g/mol. The average Bonchev–Trinajstić information content (AvgIpc) is 2.37. The first-order valence-electron chi connectivity index (χ1n) is 6.12. The molecule has 1 aliphatic carbocycles. The Bertz CT molecular complexity index is 738. The van der Waals surface area contributed by atoms with E-state index < -0.39 is 0 Å². The molecule has 2 aliphatic rings. The van der Waals surface area contributed by atoms with Crippen molar-refractivity contribution in [2.45, 2.75) is 19.8 Å². The van der Waals surface area contributed by atoms with Gasteiger partial charge in [0.05, 0.1) is 5.56 Å². The molecule has 1 aliphatic heterocycles. The summed E-state index contributed by atoms with van der Waals surface area (Å²) in [6.07, 6.45) is 0. The van der Waals surface area contributed by atoms with Crippen LogP contribution in [0.5, 0.6) is 0 Å². The number of para-hydroxylation sites is 1. The monoisotopic (exact) mass is 238 g/mol. The van der Waals surface area contributed by atoms with E-state index in [1.807, 2.05) is 56.3 Å². The fourth-order valence-electron chi connectivity index (χ4n) is 2.25. The zero-order chi connectivity index (χ0) is 12.7. The van der Waals surface area contributed by atoms with Crippen LogP contribution in [-0.4, -0.2) is 0 Å². The maximum absolute atomic E-state index is 12.4. The van der Waals surface area contributed by atoms with Gasteiger partial charge in [-0.05, 0) is 24.1 Å². The van der Waals surface area contributed by atoms with Gasteiger partial charge < -0.3 is 4.42 Å². The molecule has 0 saturated heterocycles. The third-order valence-corrected chi connectivity index (χ3v) is 3.25. The molecule has 0 atom stereocenters. The minimum absolute atomic E-state index is 0.0806. The van der Waals surface area contributed by atoms with Crippen LogP contribution in [0.4, 0.5) is 0 Å². The lowest BCUT2D eigenvalue weighted by molar-refractivity contribution is 0.617. The van der Waals surface area contributed by atoms with Crippen LogP contribution >= 0.6 is 0 Å². The first-order chi connectivity index (χ1) is 8.66. The number of rotatable bonds is 1. The lowest BCUT2D eigenvalue weighted by atomic mass is 9.97. The maximum atomic E-state index is 12.4. The van der Waals surface area contributed by atoms with E-state index in [-0.39, 0.29) is 11.3 Å². The van der Waals surface area contributed by atoms with Crippen LogP contribution in [0.25, 0.3) is 22.3 Å². The van der Waals surface area contributed by atoms with Crippen LogP contribution in [0.1, 0.15) is 25.3 Å². The summed E-state index contributed by atoms with van der Waals surface area (Å²) in [6.45, 7) is 4.06. The number of hydrogen-bond acceptors (Lipinski definition) is 2. The number of fused-ring (bicyclic) bond motifs is 2. The molecule has 0 N–H and O–H groups in total. The predicted molar refractivity (Wildman–Crippen MR) is 73.2 cm³/mol. The van der Waals surface area contributed by atoms with Gasteiger partial charge in [-0.1, -0.05) is 38.1 Å². The Labute approximate surface area is 105 Å². The molecule has 3 rings (SSSR count). The molecule has 1 aromatic carbocycles. The van der Waals surface area contributed by atoms with Crippen molar-refractivity contribution in [1.82, 2.24) is 0 Å². The van der Waals surface area contributed by atoms with Gasteiger partial charge in [0.25, 0.3) is 0 Å². The second kappa shape index (κ2) is 3.98. The highest BCUT2D eigenvalue weighted by atomic mass is 16.3. The molecule has 0 spiro atoms. The minimum Gasteiger partial charge on any atom is -0.456 e. The van der Waals surface area contributed by atoms with Gasteiger partial charge in [-0.15, -0.1) is 0 Å². The normalized spacial score (nSPS) is 11.5. The third-order valence-electron chi connectivity index (χ3n) is 3.25. The summed E-state index contributed by atoms with van der Waals surface area (Å²) >= 11 is 0. The van der Waals surface area contributed by atoms with Gasteiger partial charge in [-0.25, -0.2) is 0 Å². The predicted octanol–water partition coefficient (Wildman–Crippen LogP) is 4.02. The Morgan fingerprint density at radius 1 is 1.06 bits per heavy atom. The van der Waals surface area contributed by atoms with Crippen molar-refractivity contribution in [3.63, 3.8) is 0 Å². The highest BCUT2D eigenvalue weighted by molar-refractivity contribution is 5.82. The first kappa shape index (κ1) is 11.0. The Hall–Kier alpha value is -2.09. The van der Waals surface area contributed by atoms with Gasteiger partial charge in [-0.3, -0.25) is 4.79 Å². The molecule has 0 radical (unpaired) electrons.